The highest BCUT2D eigenvalue weighted by molar-refractivity contribution is 5.94. The van der Waals surface area contributed by atoms with Crippen molar-refractivity contribution in [3.05, 3.63) is 70.8 Å². The van der Waals surface area contributed by atoms with Crippen LogP contribution in [0.1, 0.15) is 33.5 Å². The molecule has 29 heavy (non-hydrogen) atoms. The first-order valence-corrected chi connectivity index (χ1v) is 9.62. The number of hydrogen-bond donors (Lipinski definition) is 0. The number of carbonyl (C=O) groups is 1. The Bertz CT molecular complexity index is 822. The van der Waals surface area contributed by atoms with Crippen LogP contribution in [0.4, 0.5) is 13.2 Å². The summed E-state index contributed by atoms with van der Waals surface area (Å²) in [5.74, 6) is -0.000617. The lowest BCUT2D eigenvalue weighted by Gasteiger charge is -2.22. The fraction of sp³-hybridized carbons (Fsp3) is 0.409. The maximum atomic E-state index is 12.9. The highest BCUT2D eigenvalue weighted by Gasteiger charge is 2.30. The maximum Gasteiger partial charge on any atom is 0.416 e. The summed E-state index contributed by atoms with van der Waals surface area (Å²) < 4.78 is 43.2. The van der Waals surface area contributed by atoms with Gasteiger partial charge in [-0.05, 0) is 41.8 Å². The molecule has 1 saturated heterocycles. The zero-order valence-corrected chi connectivity index (χ0v) is 16.4. The van der Waals surface area contributed by atoms with E-state index in [-0.39, 0.29) is 5.91 Å². The Kier molecular flexibility index (Phi) is 6.92. The Morgan fingerprint density at radius 3 is 2.45 bits per heavy atom. The molecule has 4 nitrogen and oxygen atoms in total. The molecule has 2 aromatic carbocycles. The number of nitrogens with zero attached hydrogens (tertiary/aromatic N) is 2. The first-order chi connectivity index (χ1) is 13.9. The SMILES string of the molecule is COCc1cccc(C(=O)N2CCCN(Cc3ccc(C(F)(F)F)cc3)CC2)c1. The number of ether oxygens (including phenoxy) is 1. The minimum atomic E-state index is -4.32. The van der Waals surface area contributed by atoms with Crippen molar-refractivity contribution in [2.45, 2.75) is 25.7 Å². The summed E-state index contributed by atoms with van der Waals surface area (Å²) in [4.78, 5) is 16.9. The van der Waals surface area contributed by atoms with Crippen LogP contribution in [0.25, 0.3) is 0 Å². The number of alkyl halides is 3. The summed E-state index contributed by atoms with van der Waals surface area (Å²) in [6, 6.07) is 12.7. The van der Waals surface area contributed by atoms with Gasteiger partial charge in [-0.3, -0.25) is 9.69 Å². The lowest BCUT2D eigenvalue weighted by molar-refractivity contribution is -0.137. The molecule has 3 rings (SSSR count). The van der Waals surface area contributed by atoms with Gasteiger partial charge in [0.1, 0.15) is 0 Å². The van der Waals surface area contributed by atoms with E-state index in [0.29, 0.717) is 38.3 Å². The number of carbonyl (C=O) groups excluding carboxylic acids is 1. The Balaban J connectivity index is 1.58. The maximum absolute atomic E-state index is 12.9. The van der Waals surface area contributed by atoms with E-state index in [2.05, 4.69) is 4.90 Å². The molecule has 0 aromatic heterocycles. The van der Waals surface area contributed by atoms with Gasteiger partial charge >= 0.3 is 6.18 Å². The van der Waals surface area contributed by atoms with Gasteiger partial charge < -0.3 is 9.64 Å². The number of halogens is 3. The van der Waals surface area contributed by atoms with Crippen molar-refractivity contribution in [3.8, 4) is 0 Å². The van der Waals surface area contributed by atoms with E-state index in [1.807, 2.05) is 29.2 Å². The summed E-state index contributed by atoms with van der Waals surface area (Å²) in [5, 5.41) is 0. The van der Waals surface area contributed by atoms with Gasteiger partial charge in [0.15, 0.2) is 0 Å². The van der Waals surface area contributed by atoms with Gasteiger partial charge in [0.05, 0.1) is 12.2 Å². The molecule has 2 aromatic rings. The van der Waals surface area contributed by atoms with Crippen LogP contribution in [-0.4, -0.2) is 49.0 Å². The molecule has 0 radical (unpaired) electrons. The molecule has 0 atom stereocenters. The smallest absolute Gasteiger partial charge is 0.380 e. The average Bonchev–Trinajstić information content (AvgIpc) is 2.93. The van der Waals surface area contributed by atoms with Crippen molar-refractivity contribution in [3.63, 3.8) is 0 Å². The van der Waals surface area contributed by atoms with Crippen molar-refractivity contribution in [2.75, 3.05) is 33.3 Å². The van der Waals surface area contributed by atoms with Crippen LogP contribution in [0.5, 0.6) is 0 Å². The zero-order chi connectivity index (χ0) is 20.9. The summed E-state index contributed by atoms with van der Waals surface area (Å²) in [6.45, 7) is 3.77. The number of benzene rings is 2. The van der Waals surface area contributed by atoms with Crippen LogP contribution in [-0.2, 0) is 24.1 Å². The third kappa shape index (κ3) is 5.81. The monoisotopic (exact) mass is 406 g/mol. The van der Waals surface area contributed by atoms with Gasteiger partial charge in [0.25, 0.3) is 5.91 Å². The minimum Gasteiger partial charge on any atom is -0.380 e. The first-order valence-electron chi connectivity index (χ1n) is 9.62. The van der Waals surface area contributed by atoms with Crippen molar-refractivity contribution >= 4 is 5.91 Å². The van der Waals surface area contributed by atoms with Gasteiger partial charge in [0.2, 0.25) is 0 Å². The van der Waals surface area contributed by atoms with E-state index in [4.69, 9.17) is 4.74 Å². The van der Waals surface area contributed by atoms with Gasteiger partial charge in [-0.2, -0.15) is 13.2 Å². The molecule has 1 heterocycles. The first kappa shape index (κ1) is 21.3. The molecule has 1 amide bonds. The molecule has 0 saturated carbocycles. The number of hydrogen-bond acceptors (Lipinski definition) is 3. The Labute approximate surface area is 168 Å². The highest BCUT2D eigenvalue weighted by atomic mass is 19.4. The minimum absolute atomic E-state index is 0.000617. The molecule has 1 aliphatic rings. The second-order valence-electron chi connectivity index (χ2n) is 7.25. The Morgan fingerprint density at radius 1 is 1.00 bits per heavy atom. The van der Waals surface area contributed by atoms with E-state index in [9.17, 15) is 18.0 Å². The van der Waals surface area contributed by atoms with Gasteiger partial charge in [-0.1, -0.05) is 24.3 Å². The Hall–Kier alpha value is -2.38. The Morgan fingerprint density at radius 2 is 1.76 bits per heavy atom. The van der Waals surface area contributed by atoms with E-state index in [1.165, 1.54) is 12.1 Å². The molecular weight excluding hydrogens is 381 g/mol. The van der Waals surface area contributed by atoms with Crippen molar-refractivity contribution in [2.24, 2.45) is 0 Å². The fourth-order valence-corrected chi connectivity index (χ4v) is 3.53. The zero-order valence-electron chi connectivity index (χ0n) is 16.4. The third-order valence-corrected chi connectivity index (χ3v) is 5.05. The van der Waals surface area contributed by atoms with E-state index >= 15 is 0 Å². The third-order valence-electron chi connectivity index (χ3n) is 5.05. The standard InChI is InChI=1S/C22H25F3N2O2/c1-29-16-18-4-2-5-19(14-18)21(28)27-11-3-10-26(12-13-27)15-17-6-8-20(9-7-17)22(23,24)25/h2,4-9,14H,3,10-13,15-16H2,1H3. The van der Waals surface area contributed by atoms with Gasteiger partial charge in [-0.25, -0.2) is 0 Å². The van der Waals surface area contributed by atoms with Crippen LogP contribution >= 0.6 is 0 Å². The quantitative estimate of drug-likeness (QED) is 0.746. The predicted octanol–water partition coefficient (Wildman–Crippen LogP) is 4.20. The second-order valence-corrected chi connectivity index (χ2v) is 7.25. The van der Waals surface area contributed by atoms with E-state index in [0.717, 1.165) is 36.2 Å². The van der Waals surface area contributed by atoms with Crippen molar-refractivity contribution < 1.29 is 22.7 Å². The van der Waals surface area contributed by atoms with Crippen LogP contribution in [0.15, 0.2) is 48.5 Å². The molecule has 1 aliphatic heterocycles. The molecule has 0 unspecified atom stereocenters. The summed E-state index contributed by atoms with van der Waals surface area (Å²) >= 11 is 0. The molecule has 0 bridgehead atoms. The molecule has 0 spiro atoms. The second kappa shape index (κ2) is 9.41. The van der Waals surface area contributed by atoms with Gasteiger partial charge in [-0.15, -0.1) is 0 Å². The molecule has 1 fully saturated rings. The molecular formula is C22H25F3N2O2. The molecule has 0 aliphatic carbocycles. The van der Waals surface area contributed by atoms with Crippen LogP contribution in [0, 0.1) is 0 Å². The summed E-state index contributed by atoms with van der Waals surface area (Å²) in [7, 11) is 1.62. The van der Waals surface area contributed by atoms with Crippen LogP contribution in [0.3, 0.4) is 0 Å². The van der Waals surface area contributed by atoms with Crippen molar-refractivity contribution in [1.29, 1.82) is 0 Å². The molecule has 0 N–H and O–H groups in total. The van der Waals surface area contributed by atoms with Gasteiger partial charge in [0, 0.05) is 45.4 Å². The highest BCUT2D eigenvalue weighted by Crippen LogP contribution is 2.29. The van der Waals surface area contributed by atoms with Crippen molar-refractivity contribution in [1.82, 2.24) is 9.80 Å². The lowest BCUT2D eigenvalue weighted by Crippen LogP contribution is -2.35. The summed E-state index contributed by atoms with van der Waals surface area (Å²) in [5.41, 5.74) is 1.81. The van der Waals surface area contributed by atoms with Crippen LogP contribution < -0.4 is 0 Å². The normalized spacial score (nSPS) is 15.9. The summed E-state index contributed by atoms with van der Waals surface area (Å²) in [6.07, 6.45) is -3.49. The number of amides is 1. The predicted molar refractivity (Wildman–Crippen MR) is 104 cm³/mol. The fourth-order valence-electron chi connectivity index (χ4n) is 3.53. The van der Waals surface area contributed by atoms with Crippen LogP contribution in [0.2, 0.25) is 0 Å². The number of methoxy groups -OCH3 is 1. The van der Waals surface area contributed by atoms with E-state index in [1.54, 1.807) is 7.11 Å². The lowest BCUT2D eigenvalue weighted by atomic mass is 10.1. The molecule has 7 heteroatoms. The topological polar surface area (TPSA) is 32.8 Å². The molecule has 156 valence electrons. The number of rotatable bonds is 5. The largest absolute Gasteiger partial charge is 0.416 e. The average molecular weight is 406 g/mol. The van der Waals surface area contributed by atoms with E-state index < -0.39 is 11.7 Å².